The molecule has 0 aliphatic heterocycles. The van der Waals surface area contributed by atoms with E-state index in [1.165, 1.54) is 6.39 Å². The lowest BCUT2D eigenvalue weighted by molar-refractivity contribution is -0.139. The lowest BCUT2D eigenvalue weighted by Crippen LogP contribution is -2.32. The molecule has 25 heavy (non-hydrogen) atoms. The first-order chi connectivity index (χ1) is 11.8. The monoisotopic (exact) mass is 347 g/mol. The number of aromatic nitrogens is 2. The molecule has 1 aromatic heterocycles. The largest absolute Gasteiger partial charge is 0.481 e. The van der Waals surface area contributed by atoms with Gasteiger partial charge >= 0.3 is 5.97 Å². The maximum Gasteiger partial charge on any atom is 0.341 e. The Labute approximate surface area is 145 Å². The van der Waals surface area contributed by atoms with Crippen LogP contribution in [0, 0.1) is 19.8 Å². The van der Waals surface area contributed by atoms with Crippen molar-refractivity contribution < 1.29 is 24.0 Å². The van der Waals surface area contributed by atoms with E-state index in [9.17, 15) is 9.59 Å². The molecule has 8 heteroatoms. The summed E-state index contributed by atoms with van der Waals surface area (Å²) in [7, 11) is 0. The summed E-state index contributed by atoms with van der Waals surface area (Å²) in [5, 5.41) is 15.4. The number of carbonyl (C=O) groups excluding carboxylic acids is 1. The average molecular weight is 347 g/mol. The molecule has 1 unspecified atom stereocenters. The van der Waals surface area contributed by atoms with Crippen molar-refractivity contribution in [2.24, 2.45) is 5.92 Å². The van der Waals surface area contributed by atoms with Crippen molar-refractivity contribution in [3.63, 3.8) is 0 Å². The Hall–Kier alpha value is -2.90. The summed E-state index contributed by atoms with van der Waals surface area (Å²) in [6.45, 7) is 6.99. The number of nitrogens with one attached hydrogen (secondary N) is 1. The second-order valence-corrected chi connectivity index (χ2v) is 6.11. The van der Waals surface area contributed by atoms with E-state index in [0.717, 1.165) is 0 Å². The highest BCUT2D eigenvalue weighted by Gasteiger charge is 2.23. The number of carboxylic acids is 1. The number of carbonyl (C=O) groups is 2. The molecular formula is C17H21N3O5. The highest BCUT2D eigenvalue weighted by molar-refractivity contribution is 5.95. The second-order valence-electron chi connectivity index (χ2n) is 6.11. The molecule has 134 valence electrons. The van der Waals surface area contributed by atoms with Gasteiger partial charge in [0, 0.05) is 5.56 Å². The molecule has 2 aromatic rings. The van der Waals surface area contributed by atoms with E-state index < -0.39 is 12.6 Å². The number of aliphatic carboxylic acids is 1. The molecule has 0 spiro atoms. The van der Waals surface area contributed by atoms with Gasteiger partial charge in [-0.25, -0.2) is 4.79 Å². The van der Waals surface area contributed by atoms with Gasteiger partial charge in [-0.1, -0.05) is 19.0 Å². The number of rotatable bonds is 7. The van der Waals surface area contributed by atoms with Gasteiger partial charge in [0.2, 0.25) is 6.39 Å². The maximum atomic E-state index is 12.6. The van der Waals surface area contributed by atoms with Gasteiger partial charge in [-0.2, -0.15) is 4.98 Å². The summed E-state index contributed by atoms with van der Waals surface area (Å²) >= 11 is 0. The minimum absolute atomic E-state index is 0.0712. The number of aryl methyl sites for hydroxylation is 2. The summed E-state index contributed by atoms with van der Waals surface area (Å²) < 4.78 is 10.0. The maximum absolute atomic E-state index is 12.6. The first-order valence-corrected chi connectivity index (χ1v) is 7.82. The Morgan fingerprint density at radius 3 is 2.40 bits per heavy atom. The van der Waals surface area contributed by atoms with Gasteiger partial charge in [-0.15, -0.1) is 0 Å². The number of hydrogen-bond donors (Lipinski definition) is 2. The van der Waals surface area contributed by atoms with Gasteiger partial charge in [0.25, 0.3) is 5.91 Å². The lowest BCUT2D eigenvalue weighted by atomic mass is 10.0. The SMILES string of the molecule is Cc1cc(C(=O)NC(c2ncon2)C(C)C)cc(C)c1OCC(=O)O. The van der Waals surface area contributed by atoms with E-state index in [1.807, 2.05) is 13.8 Å². The van der Waals surface area contributed by atoms with Crippen molar-refractivity contribution in [3.05, 3.63) is 41.0 Å². The van der Waals surface area contributed by atoms with Gasteiger partial charge < -0.3 is 19.7 Å². The third-order valence-electron chi connectivity index (χ3n) is 3.67. The molecule has 0 saturated heterocycles. The van der Waals surface area contributed by atoms with Crippen molar-refractivity contribution in [1.29, 1.82) is 0 Å². The fraction of sp³-hybridized carbons (Fsp3) is 0.412. The minimum Gasteiger partial charge on any atom is -0.481 e. The number of nitrogens with zero attached hydrogens (tertiary/aromatic N) is 2. The van der Waals surface area contributed by atoms with E-state index >= 15 is 0 Å². The molecule has 1 heterocycles. The molecule has 1 aromatic carbocycles. The summed E-state index contributed by atoms with van der Waals surface area (Å²) in [5.74, 6) is -0.377. The number of ether oxygens (including phenoxy) is 1. The van der Waals surface area contributed by atoms with Crippen LogP contribution in [0.5, 0.6) is 5.75 Å². The normalized spacial score (nSPS) is 12.0. The van der Waals surface area contributed by atoms with E-state index in [0.29, 0.717) is 28.3 Å². The van der Waals surface area contributed by atoms with Crippen LogP contribution in [-0.2, 0) is 4.79 Å². The summed E-state index contributed by atoms with van der Waals surface area (Å²) in [4.78, 5) is 27.3. The quantitative estimate of drug-likeness (QED) is 0.789. The summed E-state index contributed by atoms with van der Waals surface area (Å²) in [5.41, 5.74) is 1.82. The van der Waals surface area contributed by atoms with Crippen molar-refractivity contribution >= 4 is 11.9 Å². The van der Waals surface area contributed by atoms with Crippen LogP contribution >= 0.6 is 0 Å². The van der Waals surface area contributed by atoms with Crippen LogP contribution in [0.2, 0.25) is 0 Å². The number of carboxylic acid groups (broad SMARTS) is 1. The van der Waals surface area contributed by atoms with Crippen LogP contribution in [0.15, 0.2) is 23.0 Å². The van der Waals surface area contributed by atoms with Crippen LogP contribution in [0.1, 0.15) is 47.2 Å². The lowest BCUT2D eigenvalue weighted by Gasteiger charge is -2.20. The predicted octanol–water partition coefficient (Wildman–Crippen LogP) is 2.28. The van der Waals surface area contributed by atoms with E-state index in [-0.39, 0.29) is 17.9 Å². The number of hydrogen-bond acceptors (Lipinski definition) is 6. The number of amides is 1. The molecule has 2 rings (SSSR count). The van der Waals surface area contributed by atoms with Crippen LogP contribution < -0.4 is 10.1 Å². The zero-order chi connectivity index (χ0) is 18.6. The second kappa shape index (κ2) is 7.78. The van der Waals surface area contributed by atoms with Crippen LogP contribution in [0.25, 0.3) is 0 Å². The molecule has 0 aliphatic carbocycles. The van der Waals surface area contributed by atoms with E-state index in [2.05, 4.69) is 15.5 Å². The predicted molar refractivity (Wildman–Crippen MR) is 88.4 cm³/mol. The van der Waals surface area contributed by atoms with Crippen LogP contribution in [0.4, 0.5) is 0 Å². The molecule has 1 amide bonds. The minimum atomic E-state index is -1.06. The Morgan fingerprint density at radius 2 is 1.92 bits per heavy atom. The Bertz CT molecular complexity index is 733. The van der Waals surface area contributed by atoms with E-state index in [4.69, 9.17) is 14.4 Å². The molecular weight excluding hydrogens is 326 g/mol. The zero-order valence-electron chi connectivity index (χ0n) is 14.6. The topological polar surface area (TPSA) is 115 Å². The van der Waals surface area contributed by atoms with Gasteiger partial charge in [-0.3, -0.25) is 4.79 Å². The van der Waals surface area contributed by atoms with Gasteiger partial charge in [0.05, 0.1) is 6.04 Å². The van der Waals surface area contributed by atoms with Crippen LogP contribution in [-0.4, -0.2) is 33.7 Å². The number of benzene rings is 1. The molecule has 0 aliphatic rings. The molecule has 0 radical (unpaired) electrons. The third-order valence-corrected chi connectivity index (χ3v) is 3.67. The average Bonchev–Trinajstić information content (AvgIpc) is 3.04. The Morgan fingerprint density at radius 1 is 1.28 bits per heavy atom. The fourth-order valence-corrected chi connectivity index (χ4v) is 2.51. The molecule has 0 bridgehead atoms. The Kier molecular flexibility index (Phi) is 5.74. The first kappa shape index (κ1) is 18.4. The van der Waals surface area contributed by atoms with Gasteiger partial charge in [0.15, 0.2) is 12.4 Å². The smallest absolute Gasteiger partial charge is 0.341 e. The van der Waals surface area contributed by atoms with Crippen molar-refractivity contribution in [1.82, 2.24) is 15.5 Å². The van der Waals surface area contributed by atoms with Crippen molar-refractivity contribution in [2.75, 3.05) is 6.61 Å². The van der Waals surface area contributed by atoms with Crippen molar-refractivity contribution in [3.8, 4) is 5.75 Å². The summed E-state index contributed by atoms with van der Waals surface area (Å²) in [6, 6.07) is 2.94. The fourth-order valence-electron chi connectivity index (χ4n) is 2.51. The highest BCUT2D eigenvalue weighted by Crippen LogP contribution is 2.26. The third kappa shape index (κ3) is 4.56. The molecule has 0 fully saturated rings. The first-order valence-electron chi connectivity index (χ1n) is 7.82. The molecule has 8 nitrogen and oxygen atoms in total. The highest BCUT2D eigenvalue weighted by atomic mass is 16.5. The van der Waals surface area contributed by atoms with Gasteiger partial charge in [-0.05, 0) is 43.0 Å². The summed E-state index contributed by atoms with van der Waals surface area (Å²) in [6.07, 6.45) is 1.22. The van der Waals surface area contributed by atoms with Crippen molar-refractivity contribution in [2.45, 2.75) is 33.7 Å². The standard InChI is InChI=1S/C17H21N3O5/c1-9(2)14(16-18-8-25-20-16)19-17(23)12-5-10(3)15(11(4)6-12)24-7-13(21)22/h5-6,8-9,14H,7H2,1-4H3,(H,19,23)(H,21,22). The molecule has 2 N–H and O–H groups in total. The molecule has 1 atom stereocenters. The zero-order valence-corrected chi connectivity index (χ0v) is 14.6. The van der Waals surface area contributed by atoms with Crippen LogP contribution in [0.3, 0.4) is 0 Å². The van der Waals surface area contributed by atoms with E-state index in [1.54, 1.807) is 26.0 Å². The Balaban J connectivity index is 2.20. The van der Waals surface area contributed by atoms with Gasteiger partial charge in [0.1, 0.15) is 5.75 Å². The molecule has 0 saturated carbocycles.